The normalized spacial score (nSPS) is 16.7. The molecule has 0 saturated carbocycles. The fourth-order valence-electron chi connectivity index (χ4n) is 2.49. The van der Waals surface area contributed by atoms with Crippen molar-refractivity contribution in [1.29, 1.82) is 0 Å². The number of hydrogen-bond donors (Lipinski definition) is 1. The Labute approximate surface area is 157 Å². The summed E-state index contributed by atoms with van der Waals surface area (Å²) in [7, 11) is 0. The predicted octanol–water partition coefficient (Wildman–Crippen LogP) is 3.98. The highest BCUT2D eigenvalue weighted by molar-refractivity contribution is 6.33. The van der Waals surface area contributed by atoms with Crippen molar-refractivity contribution in [2.45, 2.75) is 26.4 Å². The average Bonchev–Trinajstić information content (AvgIpc) is 2.92. The van der Waals surface area contributed by atoms with Gasteiger partial charge in [-0.2, -0.15) is 0 Å². The first-order valence-corrected chi connectivity index (χ1v) is 8.75. The lowest BCUT2D eigenvalue weighted by atomic mass is 10.1. The Kier molecular flexibility index (Phi) is 5.28. The van der Waals surface area contributed by atoms with E-state index in [0.717, 1.165) is 6.42 Å². The Morgan fingerprint density at radius 2 is 1.92 bits per heavy atom. The minimum atomic E-state index is -0.449. The van der Waals surface area contributed by atoms with Gasteiger partial charge in [0.1, 0.15) is 11.3 Å². The third kappa shape index (κ3) is 3.73. The minimum absolute atomic E-state index is 0.0540. The van der Waals surface area contributed by atoms with Gasteiger partial charge in [0.2, 0.25) is 0 Å². The number of carbonyl (C=O) groups excluding carboxylic acids is 2. The molecule has 0 radical (unpaired) electrons. The van der Waals surface area contributed by atoms with Crippen LogP contribution in [0, 0.1) is 0 Å². The molecule has 0 aromatic heterocycles. The first kappa shape index (κ1) is 18.0. The van der Waals surface area contributed by atoms with Crippen LogP contribution in [-0.4, -0.2) is 17.9 Å². The van der Waals surface area contributed by atoms with Gasteiger partial charge in [-0.25, -0.2) is 5.01 Å². The molecule has 1 N–H and O–H groups in total. The zero-order valence-electron chi connectivity index (χ0n) is 14.5. The Bertz CT molecular complexity index is 865. The quantitative estimate of drug-likeness (QED) is 0.639. The first-order chi connectivity index (χ1) is 12.5. The second-order valence-corrected chi connectivity index (χ2v) is 6.41. The lowest BCUT2D eigenvalue weighted by Gasteiger charge is -2.14. The monoisotopic (exact) mass is 370 g/mol. The molecular formula is C20H19ClN2O3. The van der Waals surface area contributed by atoms with E-state index >= 15 is 0 Å². The zero-order valence-corrected chi connectivity index (χ0v) is 15.3. The summed E-state index contributed by atoms with van der Waals surface area (Å²) in [4.78, 5) is 24.8. The number of nitrogens with one attached hydrogen (secondary N) is 1. The van der Waals surface area contributed by atoms with Crippen molar-refractivity contribution in [3.8, 4) is 5.75 Å². The van der Waals surface area contributed by atoms with E-state index in [1.807, 2.05) is 19.9 Å². The van der Waals surface area contributed by atoms with Crippen molar-refractivity contribution in [1.82, 2.24) is 5.43 Å². The third-order valence-corrected chi connectivity index (χ3v) is 4.37. The molecule has 5 nitrogen and oxygen atoms in total. The third-order valence-electron chi connectivity index (χ3n) is 4.08. The van der Waals surface area contributed by atoms with Crippen LogP contribution in [0.3, 0.4) is 0 Å². The predicted molar refractivity (Wildman–Crippen MR) is 102 cm³/mol. The van der Waals surface area contributed by atoms with Crippen LogP contribution in [0.15, 0.2) is 54.1 Å². The van der Waals surface area contributed by atoms with E-state index in [2.05, 4.69) is 5.43 Å². The molecule has 1 unspecified atom stereocenters. The van der Waals surface area contributed by atoms with Crippen LogP contribution in [-0.2, 0) is 9.59 Å². The van der Waals surface area contributed by atoms with Crippen LogP contribution in [0.1, 0.15) is 25.8 Å². The molecule has 0 aliphatic carbocycles. The number of benzene rings is 2. The molecule has 1 aliphatic rings. The van der Waals surface area contributed by atoms with Crippen LogP contribution >= 0.6 is 11.6 Å². The molecule has 134 valence electrons. The first-order valence-electron chi connectivity index (χ1n) is 8.38. The molecule has 1 atom stereocenters. The van der Waals surface area contributed by atoms with E-state index in [1.54, 1.807) is 42.5 Å². The lowest BCUT2D eigenvalue weighted by Crippen LogP contribution is -2.35. The Morgan fingerprint density at radius 3 is 2.58 bits per heavy atom. The number of anilines is 1. The van der Waals surface area contributed by atoms with Gasteiger partial charge in [0, 0.05) is 0 Å². The van der Waals surface area contributed by atoms with Gasteiger partial charge < -0.3 is 4.74 Å². The van der Waals surface area contributed by atoms with Gasteiger partial charge in [0.05, 0.1) is 16.8 Å². The number of amides is 2. The van der Waals surface area contributed by atoms with E-state index < -0.39 is 11.8 Å². The molecule has 1 saturated heterocycles. The Balaban J connectivity index is 1.84. The zero-order chi connectivity index (χ0) is 18.7. The fourth-order valence-corrected chi connectivity index (χ4v) is 2.72. The molecule has 26 heavy (non-hydrogen) atoms. The lowest BCUT2D eigenvalue weighted by molar-refractivity contribution is -0.117. The minimum Gasteiger partial charge on any atom is -0.489 e. The number of ether oxygens (including phenoxy) is 1. The molecule has 2 aromatic rings. The molecular weight excluding hydrogens is 352 g/mol. The molecule has 1 aliphatic heterocycles. The number of para-hydroxylation sites is 1. The number of halogens is 1. The van der Waals surface area contributed by atoms with Crippen molar-refractivity contribution in [2.75, 3.05) is 5.01 Å². The van der Waals surface area contributed by atoms with Crippen molar-refractivity contribution in [3.05, 3.63) is 64.7 Å². The summed E-state index contributed by atoms with van der Waals surface area (Å²) >= 11 is 6.26. The van der Waals surface area contributed by atoms with E-state index in [9.17, 15) is 9.59 Å². The molecule has 3 rings (SSSR count). The van der Waals surface area contributed by atoms with Crippen molar-refractivity contribution >= 4 is 35.2 Å². The van der Waals surface area contributed by atoms with Crippen LogP contribution in [0.2, 0.25) is 5.02 Å². The van der Waals surface area contributed by atoms with Crippen molar-refractivity contribution < 1.29 is 14.3 Å². The number of carbonyl (C=O) groups is 2. The Hall–Kier alpha value is -2.79. The maximum atomic E-state index is 12.6. The second kappa shape index (κ2) is 7.62. The number of hydrazine groups is 1. The molecule has 0 spiro atoms. The van der Waals surface area contributed by atoms with Crippen LogP contribution in [0.4, 0.5) is 5.69 Å². The molecule has 1 fully saturated rings. The largest absolute Gasteiger partial charge is 0.489 e. The SMILES string of the molecule is CCC(C)Oc1ccc(C=C2C(=O)NN(c3ccccc3)C2=O)cc1Cl. The Morgan fingerprint density at radius 1 is 1.19 bits per heavy atom. The van der Waals surface area contributed by atoms with Gasteiger partial charge in [0.15, 0.2) is 0 Å². The summed E-state index contributed by atoms with van der Waals surface area (Å²) in [5.74, 6) is -0.275. The second-order valence-electron chi connectivity index (χ2n) is 6.00. The van der Waals surface area contributed by atoms with Crippen molar-refractivity contribution in [2.24, 2.45) is 0 Å². The molecule has 6 heteroatoms. The fraction of sp³-hybridized carbons (Fsp3) is 0.200. The van der Waals surface area contributed by atoms with Crippen LogP contribution < -0.4 is 15.2 Å². The van der Waals surface area contributed by atoms with Gasteiger partial charge in [0.25, 0.3) is 11.8 Å². The van der Waals surface area contributed by atoms with Crippen LogP contribution in [0.25, 0.3) is 6.08 Å². The summed E-state index contributed by atoms with van der Waals surface area (Å²) < 4.78 is 5.73. The van der Waals surface area contributed by atoms with Crippen LogP contribution in [0.5, 0.6) is 5.75 Å². The van der Waals surface area contributed by atoms with E-state index in [4.69, 9.17) is 16.3 Å². The number of rotatable bonds is 5. The highest BCUT2D eigenvalue weighted by Gasteiger charge is 2.34. The molecule has 0 bridgehead atoms. The summed E-state index contributed by atoms with van der Waals surface area (Å²) in [5.41, 5.74) is 3.88. The van der Waals surface area contributed by atoms with Gasteiger partial charge >= 0.3 is 0 Å². The molecule has 2 aromatic carbocycles. The van der Waals surface area contributed by atoms with Gasteiger partial charge in [-0.05, 0) is 49.2 Å². The topological polar surface area (TPSA) is 58.6 Å². The maximum absolute atomic E-state index is 12.6. The summed E-state index contributed by atoms with van der Waals surface area (Å²) in [6, 6.07) is 14.1. The number of nitrogens with zero attached hydrogens (tertiary/aromatic N) is 1. The summed E-state index contributed by atoms with van der Waals surface area (Å²) in [6.07, 6.45) is 2.45. The van der Waals surface area contributed by atoms with E-state index in [0.29, 0.717) is 22.0 Å². The summed E-state index contributed by atoms with van der Waals surface area (Å²) in [5, 5.41) is 1.67. The van der Waals surface area contributed by atoms with Gasteiger partial charge in [-0.1, -0.05) is 42.8 Å². The highest BCUT2D eigenvalue weighted by atomic mass is 35.5. The standard InChI is InChI=1S/C20H19ClN2O3/c1-3-13(2)26-18-10-9-14(12-17(18)21)11-16-19(24)22-23(20(16)25)15-7-5-4-6-8-15/h4-13H,3H2,1-2H3,(H,22,24). The highest BCUT2D eigenvalue weighted by Crippen LogP contribution is 2.28. The van der Waals surface area contributed by atoms with E-state index in [-0.39, 0.29) is 11.7 Å². The number of hydrogen-bond acceptors (Lipinski definition) is 3. The van der Waals surface area contributed by atoms with Gasteiger partial charge in [-0.3, -0.25) is 15.0 Å². The van der Waals surface area contributed by atoms with E-state index in [1.165, 1.54) is 11.1 Å². The molecule has 1 heterocycles. The summed E-state index contributed by atoms with van der Waals surface area (Å²) in [6.45, 7) is 3.99. The van der Waals surface area contributed by atoms with Crippen molar-refractivity contribution in [3.63, 3.8) is 0 Å². The molecule has 2 amide bonds. The van der Waals surface area contributed by atoms with Gasteiger partial charge in [-0.15, -0.1) is 0 Å². The smallest absolute Gasteiger partial charge is 0.282 e. The maximum Gasteiger partial charge on any atom is 0.282 e. The average molecular weight is 371 g/mol.